The third kappa shape index (κ3) is 3.06. The van der Waals surface area contributed by atoms with Crippen molar-refractivity contribution in [3.8, 4) is 23.4 Å². The average Bonchev–Trinajstić information content (AvgIpc) is 2.66. The van der Waals surface area contributed by atoms with Gasteiger partial charge in [0.2, 0.25) is 0 Å². The molecule has 3 aromatic rings. The predicted molar refractivity (Wildman–Crippen MR) is 94.5 cm³/mol. The van der Waals surface area contributed by atoms with Crippen molar-refractivity contribution in [1.82, 2.24) is 4.98 Å². The fourth-order valence-corrected chi connectivity index (χ4v) is 2.49. The van der Waals surface area contributed by atoms with Crippen LogP contribution in [0.5, 0.6) is 0 Å². The molecule has 1 heterocycles. The van der Waals surface area contributed by atoms with Crippen LogP contribution < -0.4 is 0 Å². The fourth-order valence-electron chi connectivity index (χ4n) is 2.49. The summed E-state index contributed by atoms with van der Waals surface area (Å²) >= 11 is 0. The van der Waals surface area contributed by atoms with E-state index in [9.17, 15) is 10.5 Å². The van der Waals surface area contributed by atoms with Gasteiger partial charge in [-0.3, -0.25) is 4.98 Å². The van der Waals surface area contributed by atoms with Gasteiger partial charge in [0, 0.05) is 17.3 Å². The fraction of sp³-hybridized carbons (Fsp3) is 0. The van der Waals surface area contributed by atoms with E-state index in [4.69, 9.17) is 0 Å². The number of pyridine rings is 1. The largest absolute Gasteiger partial charge is 0.256 e. The smallest absolute Gasteiger partial charge is 0.101 e. The normalized spacial score (nSPS) is 10.2. The van der Waals surface area contributed by atoms with Crippen LogP contribution in [-0.2, 0) is 0 Å². The lowest BCUT2D eigenvalue weighted by Gasteiger charge is -2.08. The highest BCUT2D eigenvalue weighted by atomic mass is 14.7. The molecule has 24 heavy (non-hydrogen) atoms. The minimum Gasteiger partial charge on any atom is -0.256 e. The molecule has 0 fully saturated rings. The maximum Gasteiger partial charge on any atom is 0.101 e. The van der Waals surface area contributed by atoms with Gasteiger partial charge in [-0.15, -0.1) is 0 Å². The van der Waals surface area contributed by atoms with Crippen LogP contribution >= 0.6 is 0 Å². The van der Waals surface area contributed by atoms with Crippen molar-refractivity contribution in [1.29, 1.82) is 10.5 Å². The molecule has 0 unspecified atom stereocenters. The number of benzene rings is 2. The molecule has 3 heteroatoms. The molecule has 0 amide bonds. The predicted octanol–water partition coefficient (Wildman–Crippen LogP) is 4.66. The Bertz CT molecular complexity index is 974. The minimum absolute atomic E-state index is 0.355. The Morgan fingerprint density at radius 2 is 1.62 bits per heavy atom. The van der Waals surface area contributed by atoms with Crippen LogP contribution in [0.3, 0.4) is 0 Å². The van der Waals surface area contributed by atoms with Crippen molar-refractivity contribution in [2.75, 3.05) is 0 Å². The highest BCUT2D eigenvalue weighted by molar-refractivity contribution is 5.82. The summed E-state index contributed by atoms with van der Waals surface area (Å²) in [6.45, 7) is 0. The molecule has 1 aromatic heterocycles. The zero-order chi connectivity index (χ0) is 16.8. The standard InChI is InChI=1S/C21H13N3/c22-14-18-8-4-10-19(20(18)15-23)21-17(9-5-13-24-21)12-11-16-6-2-1-3-7-16/h1-13H. The Kier molecular flexibility index (Phi) is 4.47. The van der Waals surface area contributed by atoms with Gasteiger partial charge >= 0.3 is 0 Å². The van der Waals surface area contributed by atoms with Crippen LogP contribution in [-0.4, -0.2) is 4.98 Å². The molecule has 3 rings (SSSR count). The molecule has 2 aromatic carbocycles. The van der Waals surface area contributed by atoms with E-state index >= 15 is 0 Å². The van der Waals surface area contributed by atoms with Crippen molar-refractivity contribution in [2.45, 2.75) is 0 Å². The number of rotatable bonds is 3. The molecule has 0 aliphatic heterocycles. The Hall–Kier alpha value is -3.69. The summed E-state index contributed by atoms with van der Waals surface area (Å²) in [6.07, 6.45) is 5.66. The molecule has 0 saturated carbocycles. The zero-order valence-electron chi connectivity index (χ0n) is 12.8. The van der Waals surface area contributed by atoms with E-state index in [0.29, 0.717) is 22.4 Å². The van der Waals surface area contributed by atoms with Crippen molar-refractivity contribution < 1.29 is 0 Å². The summed E-state index contributed by atoms with van der Waals surface area (Å²) in [7, 11) is 0. The quantitative estimate of drug-likeness (QED) is 0.707. The second-order valence-electron chi connectivity index (χ2n) is 5.14. The summed E-state index contributed by atoms with van der Waals surface area (Å²) in [5.74, 6) is 0. The van der Waals surface area contributed by atoms with Gasteiger partial charge in [-0.1, -0.05) is 60.7 Å². The van der Waals surface area contributed by atoms with Gasteiger partial charge in [-0.05, 0) is 17.7 Å². The number of nitrogens with zero attached hydrogens (tertiary/aromatic N) is 3. The third-order valence-electron chi connectivity index (χ3n) is 3.65. The Morgan fingerprint density at radius 3 is 2.38 bits per heavy atom. The first kappa shape index (κ1) is 15.2. The van der Waals surface area contributed by atoms with Gasteiger partial charge in [0.05, 0.1) is 16.8 Å². The minimum atomic E-state index is 0.355. The second kappa shape index (κ2) is 7.05. The molecule has 0 N–H and O–H groups in total. The second-order valence-corrected chi connectivity index (χ2v) is 5.14. The number of hydrogen-bond donors (Lipinski definition) is 0. The molecule has 0 saturated heterocycles. The van der Waals surface area contributed by atoms with Gasteiger partial charge in [-0.25, -0.2) is 0 Å². The van der Waals surface area contributed by atoms with E-state index in [2.05, 4.69) is 17.1 Å². The number of nitriles is 2. The Balaban J connectivity index is 2.10. The van der Waals surface area contributed by atoms with Gasteiger partial charge in [0.25, 0.3) is 0 Å². The van der Waals surface area contributed by atoms with E-state index in [-0.39, 0.29) is 0 Å². The van der Waals surface area contributed by atoms with Gasteiger partial charge in [0.1, 0.15) is 12.1 Å². The molecule has 0 atom stereocenters. The van der Waals surface area contributed by atoms with Gasteiger partial charge in [-0.2, -0.15) is 10.5 Å². The van der Waals surface area contributed by atoms with E-state index in [1.807, 2.05) is 60.7 Å². The topological polar surface area (TPSA) is 60.5 Å². The maximum atomic E-state index is 9.44. The highest BCUT2D eigenvalue weighted by Gasteiger charge is 2.12. The summed E-state index contributed by atoms with van der Waals surface area (Å²) in [5.41, 5.74) is 4.06. The van der Waals surface area contributed by atoms with Crippen molar-refractivity contribution in [2.24, 2.45) is 0 Å². The third-order valence-corrected chi connectivity index (χ3v) is 3.65. The summed E-state index contributed by atoms with van der Waals surface area (Å²) in [6, 6.07) is 23.2. The van der Waals surface area contributed by atoms with Crippen molar-refractivity contribution in [3.63, 3.8) is 0 Å². The summed E-state index contributed by atoms with van der Waals surface area (Å²) in [4.78, 5) is 4.43. The van der Waals surface area contributed by atoms with Crippen molar-refractivity contribution in [3.05, 3.63) is 89.1 Å². The maximum absolute atomic E-state index is 9.44. The van der Waals surface area contributed by atoms with Crippen LogP contribution in [0.4, 0.5) is 0 Å². The Labute approximate surface area is 140 Å². The molecular formula is C21H13N3. The first-order valence-electron chi connectivity index (χ1n) is 7.45. The van der Waals surface area contributed by atoms with E-state index in [1.165, 1.54) is 0 Å². The summed E-state index contributed by atoms with van der Waals surface area (Å²) < 4.78 is 0. The number of hydrogen-bond acceptors (Lipinski definition) is 3. The van der Waals surface area contributed by atoms with Crippen LogP contribution in [0, 0.1) is 22.7 Å². The molecule has 0 radical (unpaired) electrons. The number of aromatic nitrogens is 1. The monoisotopic (exact) mass is 307 g/mol. The lowest BCUT2D eigenvalue weighted by atomic mass is 9.97. The molecule has 0 aliphatic carbocycles. The van der Waals surface area contributed by atoms with Gasteiger partial charge in [0.15, 0.2) is 0 Å². The van der Waals surface area contributed by atoms with Crippen molar-refractivity contribution >= 4 is 12.2 Å². The van der Waals surface area contributed by atoms with Crippen LogP contribution in [0.2, 0.25) is 0 Å². The molecule has 3 nitrogen and oxygen atoms in total. The molecular weight excluding hydrogens is 294 g/mol. The molecule has 112 valence electrons. The van der Waals surface area contributed by atoms with E-state index < -0.39 is 0 Å². The first-order valence-corrected chi connectivity index (χ1v) is 7.45. The Morgan fingerprint density at radius 1 is 0.792 bits per heavy atom. The van der Waals surface area contributed by atoms with E-state index in [1.54, 1.807) is 18.3 Å². The average molecular weight is 307 g/mol. The molecule has 0 aliphatic rings. The highest BCUT2D eigenvalue weighted by Crippen LogP contribution is 2.28. The lowest BCUT2D eigenvalue weighted by Crippen LogP contribution is -1.94. The SMILES string of the molecule is N#Cc1cccc(-c2ncccc2C=Cc2ccccc2)c1C#N. The zero-order valence-corrected chi connectivity index (χ0v) is 12.8. The van der Waals surface area contributed by atoms with Crippen LogP contribution in [0.1, 0.15) is 22.3 Å². The summed E-state index contributed by atoms with van der Waals surface area (Å²) in [5, 5.41) is 18.7. The van der Waals surface area contributed by atoms with Crippen LogP contribution in [0.15, 0.2) is 66.9 Å². The van der Waals surface area contributed by atoms with E-state index in [0.717, 1.165) is 11.1 Å². The van der Waals surface area contributed by atoms with Crippen LogP contribution in [0.25, 0.3) is 23.4 Å². The van der Waals surface area contributed by atoms with Gasteiger partial charge < -0.3 is 0 Å². The lowest BCUT2D eigenvalue weighted by molar-refractivity contribution is 1.30. The molecule has 0 spiro atoms. The first-order chi connectivity index (χ1) is 11.8. The molecule has 0 bridgehead atoms.